The Bertz CT molecular complexity index is 281. The first kappa shape index (κ1) is 10.8. The largest absolute Gasteiger partial charge is 0.122 e. The van der Waals surface area contributed by atoms with Gasteiger partial charge in [-0.15, -0.1) is 11.6 Å². The molecule has 13 heavy (non-hydrogen) atoms. The molecule has 72 valence electrons. The quantitative estimate of drug-likeness (QED) is 0.533. The van der Waals surface area contributed by atoms with E-state index < -0.39 is 8.07 Å². The lowest BCUT2D eigenvalue weighted by Gasteiger charge is -2.23. The first-order valence-electron chi connectivity index (χ1n) is 4.76. The molecule has 0 N–H and O–H groups in total. The van der Waals surface area contributed by atoms with Crippen molar-refractivity contribution in [2.75, 3.05) is 0 Å². The molecule has 0 aromatic heterocycles. The highest BCUT2D eigenvalue weighted by Gasteiger charge is 2.22. The Labute approximate surface area is 86.9 Å². The van der Waals surface area contributed by atoms with Crippen molar-refractivity contribution in [3.63, 3.8) is 0 Å². The van der Waals surface area contributed by atoms with Gasteiger partial charge in [-0.2, -0.15) is 0 Å². The lowest BCUT2D eigenvalue weighted by Crippen LogP contribution is -2.42. The van der Waals surface area contributed by atoms with Crippen LogP contribution in [0.5, 0.6) is 0 Å². The molecule has 2 heteroatoms. The summed E-state index contributed by atoms with van der Waals surface area (Å²) in [7, 11) is -1.20. The Hall–Kier alpha value is -0.273. The van der Waals surface area contributed by atoms with Gasteiger partial charge in [0.15, 0.2) is 0 Å². The van der Waals surface area contributed by atoms with Crippen molar-refractivity contribution in [3.05, 3.63) is 29.8 Å². The second kappa shape index (κ2) is 4.29. The molecule has 0 amide bonds. The Kier molecular flexibility index (Phi) is 3.57. The molecule has 0 aliphatic rings. The zero-order valence-electron chi connectivity index (χ0n) is 8.60. The fourth-order valence-corrected chi connectivity index (χ4v) is 3.80. The van der Waals surface area contributed by atoms with Gasteiger partial charge in [0.25, 0.3) is 0 Å². The third-order valence-electron chi connectivity index (χ3n) is 2.77. The van der Waals surface area contributed by atoms with E-state index in [4.69, 9.17) is 11.6 Å². The van der Waals surface area contributed by atoms with Gasteiger partial charge in [-0.1, -0.05) is 55.5 Å². The summed E-state index contributed by atoms with van der Waals surface area (Å²) in [4.78, 5) is 0. The Morgan fingerprint density at radius 3 is 2.38 bits per heavy atom. The number of halogens is 1. The standard InChI is InChI=1S/C11H17ClSi/c1-4-13(2,3)11-8-6-5-7-10(11)9-12/h5-8H,4,9H2,1-3H3. The molecule has 1 aromatic carbocycles. The van der Waals surface area contributed by atoms with Crippen LogP contribution in [-0.2, 0) is 5.88 Å². The zero-order chi connectivity index (χ0) is 9.90. The predicted molar refractivity (Wildman–Crippen MR) is 63.6 cm³/mol. The predicted octanol–water partition coefficient (Wildman–Crippen LogP) is 3.36. The summed E-state index contributed by atoms with van der Waals surface area (Å²) in [6.45, 7) is 7.08. The molecule has 0 aliphatic carbocycles. The molecular weight excluding hydrogens is 196 g/mol. The van der Waals surface area contributed by atoms with Crippen LogP contribution in [0.25, 0.3) is 0 Å². The van der Waals surface area contributed by atoms with Crippen LogP contribution in [0.1, 0.15) is 12.5 Å². The van der Waals surface area contributed by atoms with Crippen molar-refractivity contribution in [2.45, 2.75) is 31.9 Å². The normalized spacial score (nSPS) is 11.7. The maximum Gasteiger partial charge on any atom is 0.0807 e. The van der Waals surface area contributed by atoms with Gasteiger partial charge in [-0.25, -0.2) is 0 Å². The van der Waals surface area contributed by atoms with Crippen LogP contribution in [0.3, 0.4) is 0 Å². The minimum Gasteiger partial charge on any atom is -0.122 e. The SMILES string of the molecule is CC[Si](C)(C)c1ccccc1CCl. The van der Waals surface area contributed by atoms with Crippen molar-refractivity contribution >= 4 is 24.9 Å². The van der Waals surface area contributed by atoms with Gasteiger partial charge >= 0.3 is 0 Å². The highest BCUT2D eigenvalue weighted by Crippen LogP contribution is 2.13. The zero-order valence-corrected chi connectivity index (χ0v) is 10.4. The summed E-state index contributed by atoms with van der Waals surface area (Å²) in [5.74, 6) is 0.645. The van der Waals surface area contributed by atoms with Crippen molar-refractivity contribution < 1.29 is 0 Å². The summed E-state index contributed by atoms with van der Waals surface area (Å²) in [6, 6.07) is 9.86. The van der Waals surface area contributed by atoms with E-state index in [0.717, 1.165) is 0 Å². The van der Waals surface area contributed by atoms with Crippen LogP contribution in [0.15, 0.2) is 24.3 Å². The van der Waals surface area contributed by atoms with Gasteiger partial charge in [0.05, 0.1) is 8.07 Å². The Balaban J connectivity index is 3.12. The van der Waals surface area contributed by atoms with E-state index in [1.165, 1.54) is 16.8 Å². The smallest absolute Gasteiger partial charge is 0.0807 e. The topological polar surface area (TPSA) is 0 Å². The van der Waals surface area contributed by atoms with E-state index in [9.17, 15) is 0 Å². The summed E-state index contributed by atoms with van der Waals surface area (Å²) in [6.07, 6.45) is 0. The summed E-state index contributed by atoms with van der Waals surface area (Å²) >= 11 is 5.92. The maximum atomic E-state index is 5.92. The highest BCUT2D eigenvalue weighted by atomic mass is 35.5. The van der Waals surface area contributed by atoms with Crippen molar-refractivity contribution in [1.82, 2.24) is 0 Å². The average Bonchev–Trinajstić information content (AvgIpc) is 2.18. The molecule has 1 aromatic rings. The molecule has 0 fully saturated rings. The molecule has 0 radical (unpaired) electrons. The second-order valence-electron chi connectivity index (χ2n) is 4.03. The average molecular weight is 213 g/mol. The third-order valence-corrected chi connectivity index (χ3v) is 6.78. The van der Waals surface area contributed by atoms with Gasteiger partial charge in [-0.05, 0) is 5.56 Å². The van der Waals surface area contributed by atoms with Crippen LogP contribution < -0.4 is 5.19 Å². The molecule has 0 atom stereocenters. The van der Waals surface area contributed by atoms with E-state index in [1.807, 2.05) is 0 Å². The molecule has 0 unspecified atom stereocenters. The molecule has 0 bridgehead atoms. The van der Waals surface area contributed by atoms with Gasteiger partial charge in [0.2, 0.25) is 0 Å². The Morgan fingerprint density at radius 2 is 1.85 bits per heavy atom. The molecule has 0 saturated carbocycles. The van der Waals surface area contributed by atoms with Crippen LogP contribution in [0.2, 0.25) is 19.1 Å². The fraction of sp³-hybridized carbons (Fsp3) is 0.455. The van der Waals surface area contributed by atoms with Gasteiger partial charge in [0.1, 0.15) is 0 Å². The number of alkyl halides is 1. The minimum atomic E-state index is -1.20. The first-order valence-corrected chi connectivity index (χ1v) is 8.50. The highest BCUT2D eigenvalue weighted by molar-refractivity contribution is 6.90. The monoisotopic (exact) mass is 212 g/mol. The maximum absolute atomic E-state index is 5.92. The fourth-order valence-electron chi connectivity index (χ4n) is 1.49. The minimum absolute atomic E-state index is 0.645. The molecular formula is C11H17ClSi. The third kappa shape index (κ3) is 2.35. The van der Waals surface area contributed by atoms with E-state index in [0.29, 0.717) is 5.88 Å². The van der Waals surface area contributed by atoms with Gasteiger partial charge in [0, 0.05) is 5.88 Å². The first-order chi connectivity index (χ1) is 6.11. The Morgan fingerprint density at radius 1 is 1.23 bits per heavy atom. The number of benzene rings is 1. The summed E-state index contributed by atoms with van der Waals surface area (Å²) in [5.41, 5.74) is 1.32. The van der Waals surface area contributed by atoms with Gasteiger partial charge < -0.3 is 0 Å². The second-order valence-corrected chi connectivity index (χ2v) is 9.31. The molecule has 0 aliphatic heterocycles. The van der Waals surface area contributed by atoms with Gasteiger partial charge in [-0.3, -0.25) is 0 Å². The van der Waals surface area contributed by atoms with Crippen LogP contribution in [0, 0.1) is 0 Å². The summed E-state index contributed by atoms with van der Waals surface area (Å²) < 4.78 is 0. The number of rotatable bonds is 3. The van der Waals surface area contributed by atoms with E-state index >= 15 is 0 Å². The van der Waals surface area contributed by atoms with E-state index in [-0.39, 0.29) is 0 Å². The number of hydrogen-bond acceptors (Lipinski definition) is 0. The van der Waals surface area contributed by atoms with Crippen molar-refractivity contribution in [2.24, 2.45) is 0 Å². The lowest BCUT2D eigenvalue weighted by atomic mass is 10.2. The van der Waals surface area contributed by atoms with Crippen molar-refractivity contribution in [3.8, 4) is 0 Å². The molecule has 1 rings (SSSR count). The lowest BCUT2D eigenvalue weighted by molar-refractivity contribution is 1.35. The van der Waals surface area contributed by atoms with Crippen LogP contribution in [0.4, 0.5) is 0 Å². The van der Waals surface area contributed by atoms with Crippen molar-refractivity contribution in [1.29, 1.82) is 0 Å². The molecule has 0 nitrogen and oxygen atoms in total. The van der Waals surface area contributed by atoms with Crippen LogP contribution >= 0.6 is 11.6 Å². The van der Waals surface area contributed by atoms with E-state index in [2.05, 4.69) is 44.3 Å². The van der Waals surface area contributed by atoms with E-state index in [1.54, 1.807) is 0 Å². The summed E-state index contributed by atoms with van der Waals surface area (Å²) in [5, 5.41) is 1.52. The number of hydrogen-bond donors (Lipinski definition) is 0. The molecule has 0 heterocycles. The van der Waals surface area contributed by atoms with Crippen LogP contribution in [-0.4, -0.2) is 8.07 Å². The molecule has 0 saturated heterocycles. The molecule has 0 spiro atoms.